The molecule has 210 valence electrons. The van der Waals surface area contributed by atoms with Gasteiger partial charge in [-0.1, -0.05) is 48.5 Å². The normalized spacial score (nSPS) is 15.7. The number of rotatable bonds is 8. The van der Waals surface area contributed by atoms with Gasteiger partial charge in [-0.15, -0.1) is 11.3 Å². The molecule has 10 nitrogen and oxygen atoms in total. The first-order chi connectivity index (χ1) is 19.9. The largest absolute Gasteiger partial charge is 0.467 e. The average Bonchev–Trinajstić information content (AvgIpc) is 3.43. The Morgan fingerprint density at radius 3 is 2.71 bits per heavy atom. The molecule has 1 aliphatic heterocycles. The van der Waals surface area contributed by atoms with E-state index in [0.717, 1.165) is 29.7 Å². The topological polar surface area (TPSA) is 143 Å². The van der Waals surface area contributed by atoms with E-state index in [4.69, 9.17) is 15.5 Å². The molecule has 2 aromatic heterocycles. The molecule has 3 N–H and O–H groups in total. The summed E-state index contributed by atoms with van der Waals surface area (Å²) in [5, 5.41) is 12.4. The van der Waals surface area contributed by atoms with Crippen LogP contribution < -0.4 is 21.5 Å². The molecule has 0 radical (unpaired) electrons. The van der Waals surface area contributed by atoms with Crippen molar-refractivity contribution in [3.05, 3.63) is 92.6 Å². The number of esters is 1. The van der Waals surface area contributed by atoms with Crippen molar-refractivity contribution in [2.24, 2.45) is 5.73 Å². The zero-order chi connectivity index (χ0) is 28.9. The highest BCUT2D eigenvalue weighted by molar-refractivity contribution is 7.20. The fourth-order valence-corrected chi connectivity index (χ4v) is 5.99. The summed E-state index contributed by atoms with van der Waals surface area (Å²) in [7, 11) is 1.27. The third-order valence-electron chi connectivity index (χ3n) is 7.12. The fourth-order valence-electron chi connectivity index (χ4n) is 5.04. The summed E-state index contributed by atoms with van der Waals surface area (Å²) in [6, 6.07) is 19.3. The maximum atomic E-state index is 13.9. The van der Waals surface area contributed by atoms with Crippen molar-refractivity contribution >= 4 is 39.4 Å². The number of aromatic nitrogens is 2. The highest BCUT2D eigenvalue weighted by atomic mass is 32.1. The van der Waals surface area contributed by atoms with Crippen LogP contribution in [-0.2, 0) is 22.5 Å². The summed E-state index contributed by atoms with van der Waals surface area (Å²) < 4.78 is 6.80. The summed E-state index contributed by atoms with van der Waals surface area (Å²) in [4.78, 5) is 46.8. The smallest absolute Gasteiger partial charge is 0.328 e. The Kier molecular flexibility index (Phi) is 8.42. The van der Waals surface area contributed by atoms with Crippen LogP contribution in [0.15, 0.2) is 65.5 Å². The molecular formula is C30H30N6O4S. The Balaban J connectivity index is 1.52. The van der Waals surface area contributed by atoms with Gasteiger partial charge in [0.2, 0.25) is 5.95 Å². The van der Waals surface area contributed by atoms with Crippen LogP contribution >= 0.6 is 11.3 Å². The van der Waals surface area contributed by atoms with Gasteiger partial charge >= 0.3 is 5.97 Å². The Morgan fingerprint density at radius 1 is 1.22 bits per heavy atom. The number of anilines is 1. The number of carbonyl (C=O) groups excluding carboxylic acids is 2. The lowest BCUT2D eigenvalue weighted by atomic mass is 10.1. The van der Waals surface area contributed by atoms with E-state index >= 15 is 0 Å². The lowest BCUT2D eigenvalue weighted by Gasteiger charge is -2.33. The van der Waals surface area contributed by atoms with Gasteiger partial charge in [-0.3, -0.25) is 14.2 Å². The van der Waals surface area contributed by atoms with Crippen LogP contribution in [0.3, 0.4) is 0 Å². The van der Waals surface area contributed by atoms with Crippen molar-refractivity contribution in [1.82, 2.24) is 14.9 Å². The fraction of sp³-hybridized carbons (Fsp3) is 0.300. The van der Waals surface area contributed by atoms with Crippen molar-refractivity contribution in [3.8, 4) is 6.07 Å². The van der Waals surface area contributed by atoms with Gasteiger partial charge in [0.25, 0.3) is 11.5 Å². The molecule has 2 aromatic carbocycles. The second kappa shape index (κ2) is 12.3. The van der Waals surface area contributed by atoms with Crippen LogP contribution in [0.2, 0.25) is 0 Å². The summed E-state index contributed by atoms with van der Waals surface area (Å²) in [6.45, 7) is 1.37. The molecule has 5 rings (SSSR count). The lowest BCUT2D eigenvalue weighted by molar-refractivity contribution is -0.142. The second-order valence-electron chi connectivity index (χ2n) is 9.98. The van der Waals surface area contributed by atoms with Crippen molar-refractivity contribution < 1.29 is 14.3 Å². The van der Waals surface area contributed by atoms with Crippen molar-refractivity contribution in [1.29, 1.82) is 5.26 Å². The summed E-state index contributed by atoms with van der Waals surface area (Å²) >= 11 is 1.02. The predicted molar refractivity (Wildman–Crippen MR) is 157 cm³/mol. The predicted octanol–water partition coefficient (Wildman–Crippen LogP) is 2.82. The summed E-state index contributed by atoms with van der Waals surface area (Å²) in [5.74, 6) is -0.614. The van der Waals surface area contributed by atoms with Crippen molar-refractivity contribution in [2.75, 3.05) is 25.1 Å². The Bertz CT molecular complexity index is 1680. The number of fused-ring (bicyclic) bond motifs is 1. The van der Waals surface area contributed by atoms with Crippen molar-refractivity contribution in [3.63, 3.8) is 0 Å². The molecule has 11 heteroatoms. The number of hydrogen-bond donors (Lipinski definition) is 2. The number of methoxy groups -OCH3 is 1. The molecule has 0 aliphatic carbocycles. The van der Waals surface area contributed by atoms with E-state index in [1.165, 1.54) is 7.11 Å². The number of thiophene rings is 1. The third-order valence-corrected chi connectivity index (χ3v) is 8.23. The number of hydrogen-bond acceptors (Lipinski definition) is 9. The Hall–Kier alpha value is -4.53. The summed E-state index contributed by atoms with van der Waals surface area (Å²) in [6.07, 6.45) is 2.00. The minimum Gasteiger partial charge on any atom is -0.467 e. The number of amides is 1. The number of nitrogens with two attached hydrogens (primary N) is 1. The molecule has 1 saturated heterocycles. The van der Waals surface area contributed by atoms with Gasteiger partial charge in [-0.2, -0.15) is 5.26 Å². The number of nitrogens with one attached hydrogen (secondary N) is 1. The SMILES string of the molecule is COC(=O)C(Cc1ccccc1)NC(=O)c1cc2nc(N3CCC[C@@H](N)C3)n(Cc3ccccc3C#N)c(=O)c2s1. The number of carbonyl (C=O) groups is 2. The molecule has 3 heterocycles. The van der Waals surface area contributed by atoms with Gasteiger partial charge in [0.15, 0.2) is 0 Å². The van der Waals surface area contributed by atoms with Gasteiger partial charge in [-0.05, 0) is 36.1 Å². The molecule has 1 amide bonds. The molecule has 1 aliphatic rings. The number of ether oxygens (including phenoxy) is 1. The van der Waals surface area contributed by atoms with Gasteiger partial charge in [-0.25, -0.2) is 9.78 Å². The quantitative estimate of drug-likeness (QED) is 0.308. The van der Waals surface area contributed by atoms with Gasteiger partial charge in [0.05, 0.1) is 35.7 Å². The molecule has 0 bridgehead atoms. The van der Waals surface area contributed by atoms with E-state index in [-0.39, 0.29) is 29.4 Å². The van der Waals surface area contributed by atoms with Gasteiger partial charge in [0.1, 0.15) is 10.7 Å². The Morgan fingerprint density at radius 2 is 1.98 bits per heavy atom. The third kappa shape index (κ3) is 6.14. The van der Waals surface area contributed by atoms with E-state index in [9.17, 15) is 19.6 Å². The molecule has 2 atom stereocenters. The monoisotopic (exact) mass is 570 g/mol. The van der Waals surface area contributed by atoms with Crippen LogP contribution in [0.1, 0.15) is 39.2 Å². The van der Waals surface area contributed by atoms with Crippen LogP contribution in [0.4, 0.5) is 5.95 Å². The summed E-state index contributed by atoms with van der Waals surface area (Å²) in [5.41, 5.74) is 8.36. The first-order valence-corrected chi connectivity index (χ1v) is 14.1. The molecular weight excluding hydrogens is 540 g/mol. The minimum absolute atomic E-state index is 0.0557. The molecule has 4 aromatic rings. The number of nitriles is 1. The van der Waals surface area contributed by atoms with Crippen LogP contribution in [-0.4, -0.2) is 53.7 Å². The molecule has 0 spiro atoms. The van der Waals surface area contributed by atoms with Crippen LogP contribution in [0.5, 0.6) is 0 Å². The van der Waals surface area contributed by atoms with Crippen molar-refractivity contribution in [2.45, 2.75) is 37.9 Å². The number of piperidine rings is 1. The molecule has 1 fully saturated rings. The standard InChI is InChI=1S/C30H30N6O4S/c1-40-29(39)24(14-19-8-3-2-4-9-19)33-27(37)25-15-23-26(41-25)28(38)36(17-21-11-6-5-10-20(21)16-31)30(34-23)35-13-7-12-22(32)18-35/h2-6,8-11,15,22,24H,7,12-14,17-18,32H2,1H3,(H,33,37)/t22-,24?/m1/s1. The maximum absolute atomic E-state index is 13.9. The molecule has 0 saturated carbocycles. The van der Waals surface area contributed by atoms with E-state index in [2.05, 4.69) is 11.4 Å². The first-order valence-electron chi connectivity index (χ1n) is 13.3. The first kappa shape index (κ1) is 28.0. The zero-order valence-corrected chi connectivity index (χ0v) is 23.4. The zero-order valence-electron chi connectivity index (χ0n) is 22.6. The highest BCUT2D eigenvalue weighted by Crippen LogP contribution is 2.26. The van der Waals surface area contributed by atoms with Crippen LogP contribution in [0.25, 0.3) is 10.2 Å². The van der Waals surface area contributed by atoms with E-state index in [1.54, 1.807) is 22.8 Å². The minimum atomic E-state index is -0.905. The number of benzene rings is 2. The van der Waals surface area contributed by atoms with Gasteiger partial charge < -0.3 is 20.7 Å². The lowest BCUT2D eigenvalue weighted by Crippen LogP contribution is -2.45. The van der Waals surface area contributed by atoms with Gasteiger partial charge in [0, 0.05) is 25.6 Å². The molecule has 41 heavy (non-hydrogen) atoms. The van der Waals surface area contributed by atoms with E-state index in [0.29, 0.717) is 40.4 Å². The average molecular weight is 571 g/mol. The Labute approximate surface area is 241 Å². The van der Waals surface area contributed by atoms with E-state index < -0.39 is 17.9 Å². The highest BCUT2D eigenvalue weighted by Gasteiger charge is 2.27. The van der Waals surface area contributed by atoms with E-state index in [1.807, 2.05) is 47.4 Å². The van der Waals surface area contributed by atoms with Crippen LogP contribution in [0, 0.1) is 11.3 Å². The molecule has 1 unspecified atom stereocenters. The second-order valence-corrected chi connectivity index (χ2v) is 11.0. The number of nitrogens with zero attached hydrogens (tertiary/aromatic N) is 4. The maximum Gasteiger partial charge on any atom is 0.328 e.